The van der Waals surface area contributed by atoms with Crippen LogP contribution in [0.3, 0.4) is 0 Å². The van der Waals surface area contributed by atoms with Crippen LogP contribution in [-0.4, -0.2) is 0 Å². The Labute approximate surface area is 485 Å². The monoisotopic (exact) mass is 1060 g/mol. The molecule has 0 N–H and O–H groups in total. The van der Waals surface area contributed by atoms with E-state index in [0.717, 1.165) is 29.9 Å². The number of fused-ring (bicyclic) bond motifs is 16. The maximum absolute atomic E-state index is 2.62. The Hall–Kier alpha value is -8.78. The molecule has 0 aliphatic heterocycles. The number of hydrogen-bond donors (Lipinski definition) is 0. The van der Waals surface area contributed by atoms with Crippen LogP contribution in [0.5, 0.6) is 0 Å². The first-order valence-electron chi connectivity index (χ1n) is 29.9. The zero-order valence-electron chi connectivity index (χ0n) is 48.5. The first-order chi connectivity index (χ1) is 39.8. The molecule has 0 atom stereocenters. The molecule has 0 unspecified atom stereocenters. The zero-order valence-corrected chi connectivity index (χ0v) is 48.5. The van der Waals surface area contributed by atoms with Crippen LogP contribution in [0.15, 0.2) is 249 Å². The minimum absolute atomic E-state index is 0.0567. The number of nitrogens with zero attached hydrogens (tertiary/aromatic N) is 1. The highest BCUT2D eigenvalue weighted by Gasteiger charge is 2.53. The van der Waals surface area contributed by atoms with E-state index in [4.69, 9.17) is 0 Å². The number of benzene rings is 11. The summed E-state index contributed by atoms with van der Waals surface area (Å²) in [6.07, 6.45) is 2.07. The third kappa shape index (κ3) is 6.80. The quantitative estimate of drug-likeness (QED) is 0.147. The maximum Gasteiger partial charge on any atom is 0.0726 e. The molecule has 0 bridgehead atoms. The van der Waals surface area contributed by atoms with Gasteiger partial charge in [0.25, 0.3) is 0 Å². The van der Waals surface area contributed by atoms with Crippen molar-refractivity contribution in [2.45, 2.75) is 95.3 Å². The fourth-order valence-corrected chi connectivity index (χ4v) is 15.9. The topological polar surface area (TPSA) is 3.24 Å². The standard InChI is InChI=1S/C81H69N/c1-9-79(10-2)67-35-21-19-33-66(67)76-65(34-25-38-70(76)79)64-32-20-24-39-75(64)82(56-42-46-62-58-30-17-22-36-68(58)80(73(62)50-56,52-26-13-11-14-27-52)53-28-15-12-16-29-53)57-43-47-63-59-31-18-23-37-69(59)81(74(63)51-57)71-48-54(77(3,4)5)40-44-60(71)61-45-41-55(49-72(61)81)78(6,7)8/h11-51H,9-10H2,1-8H3. The van der Waals surface area contributed by atoms with E-state index in [-0.39, 0.29) is 16.2 Å². The second-order valence-electron chi connectivity index (χ2n) is 25.7. The second-order valence-corrected chi connectivity index (χ2v) is 25.7. The van der Waals surface area contributed by atoms with Crippen molar-refractivity contribution in [1.82, 2.24) is 0 Å². The maximum atomic E-state index is 2.62. The molecule has 398 valence electrons. The third-order valence-corrected chi connectivity index (χ3v) is 19.8. The molecule has 0 saturated heterocycles. The fraction of sp³-hybridized carbons (Fsp3) is 0.185. The van der Waals surface area contributed by atoms with Gasteiger partial charge < -0.3 is 4.90 Å². The summed E-state index contributed by atoms with van der Waals surface area (Å²) in [5.74, 6) is 0. The van der Waals surface area contributed by atoms with Crippen molar-refractivity contribution in [2.24, 2.45) is 0 Å². The predicted octanol–water partition coefficient (Wildman–Crippen LogP) is 21.2. The Morgan fingerprint density at radius 3 is 1.18 bits per heavy atom. The summed E-state index contributed by atoms with van der Waals surface area (Å²) >= 11 is 0. The summed E-state index contributed by atoms with van der Waals surface area (Å²) in [6, 6.07) is 96.3. The molecule has 15 rings (SSSR count). The van der Waals surface area contributed by atoms with E-state index < -0.39 is 10.8 Å². The van der Waals surface area contributed by atoms with Gasteiger partial charge in [0.2, 0.25) is 0 Å². The van der Waals surface area contributed by atoms with E-state index in [2.05, 4.69) is 309 Å². The lowest BCUT2D eigenvalue weighted by atomic mass is 9.67. The lowest BCUT2D eigenvalue weighted by Crippen LogP contribution is -2.29. The Bertz CT molecular complexity index is 4280. The van der Waals surface area contributed by atoms with Gasteiger partial charge in [0, 0.05) is 22.4 Å². The van der Waals surface area contributed by atoms with Crippen LogP contribution >= 0.6 is 0 Å². The van der Waals surface area contributed by atoms with Crippen LogP contribution < -0.4 is 4.90 Å². The predicted molar refractivity (Wildman–Crippen MR) is 344 cm³/mol. The minimum Gasteiger partial charge on any atom is -0.310 e. The smallest absolute Gasteiger partial charge is 0.0726 e. The molecular weight excluding hydrogens is 987 g/mol. The largest absolute Gasteiger partial charge is 0.310 e. The summed E-state index contributed by atoms with van der Waals surface area (Å²) < 4.78 is 0. The summed E-state index contributed by atoms with van der Waals surface area (Å²) in [4.78, 5) is 2.62. The molecule has 0 radical (unpaired) electrons. The van der Waals surface area contributed by atoms with Crippen molar-refractivity contribution in [3.05, 3.63) is 315 Å². The van der Waals surface area contributed by atoms with Crippen LogP contribution in [0.25, 0.3) is 55.6 Å². The first kappa shape index (κ1) is 50.2. The van der Waals surface area contributed by atoms with Gasteiger partial charge in [0.05, 0.1) is 16.5 Å². The molecule has 82 heavy (non-hydrogen) atoms. The van der Waals surface area contributed by atoms with Gasteiger partial charge in [-0.2, -0.15) is 0 Å². The van der Waals surface area contributed by atoms with Gasteiger partial charge in [-0.3, -0.25) is 0 Å². The Balaban J connectivity index is 1.05. The van der Waals surface area contributed by atoms with E-state index in [0.29, 0.717) is 0 Å². The Kier molecular flexibility index (Phi) is 11.1. The molecule has 0 saturated carbocycles. The third-order valence-electron chi connectivity index (χ3n) is 19.8. The van der Waals surface area contributed by atoms with Gasteiger partial charge in [-0.25, -0.2) is 0 Å². The normalized spacial score (nSPS) is 15.0. The van der Waals surface area contributed by atoms with Gasteiger partial charge in [0.1, 0.15) is 0 Å². The minimum atomic E-state index is -0.584. The fourth-order valence-electron chi connectivity index (χ4n) is 15.9. The average Bonchev–Trinajstić information content (AvgIpc) is 1.65. The molecule has 0 heterocycles. The van der Waals surface area contributed by atoms with Gasteiger partial charge >= 0.3 is 0 Å². The Morgan fingerprint density at radius 1 is 0.293 bits per heavy atom. The van der Waals surface area contributed by atoms with E-state index in [1.54, 1.807) is 0 Å². The number of hydrogen-bond acceptors (Lipinski definition) is 1. The van der Waals surface area contributed by atoms with Gasteiger partial charge in [-0.1, -0.05) is 274 Å². The lowest BCUT2D eigenvalue weighted by Gasteiger charge is -2.36. The highest BCUT2D eigenvalue weighted by molar-refractivity contribution is 6.01. The van der Waals surface area contributed by atoms with Crippen LogP contribution in [0.1, 0.15) is 135 Å². The average molecular weight is 1060 g/mol. The van der Waals surface area contributed by atoms with Crippen molar-refractivity contribution in [3.63, 3.8) is 0 Å². The number of anilines is 3. The van der Waals surface area contributed by atoms with Crippen LogP contribution in [-0.2, 0) is 27.1 Å². The van der Waals surface area contributed by atoms with Gasteiger partial charge in [-0.15, -0.1) is 0 Å². The summed E-state index contributed by atoms with van der Waals surface area (Å²) in [5.41, 5.74) is 31.1. The van der Waals surface area contributed by atoms with E-state index in [1.807, 2.05) is 0 Å². The second kappa shape index (κ2) is 18.1. The molecule has 0 aromatic heterocycles. The Morgan fingerprint density at radius 2 is 0.671 bits per heavy atom. The van der Waals surface area contributed by atoms with Crippen LogP contribution in [0.4, 0.5) is 17.1 Å². The number of rotatable bonds is 8. The summed E-state index contributed by atoms with van der Waals surface area (Å²) in [5, 5.41) is 0. The molecule has 1 nitrogen and oxygen atoms in total. The van der Waals surface area contributed by atoms with Crippen LogP contribution in [0.2, 0.25) is 0 Å². The SMILES string of the molecule is CCC1(CC)c2ccccc2-c2c(-c3ccccc3N(c3ccc4c(c3)C(c3ccccc3)(c3ccccc3)c3ccccc3-4)c3ccc4c(c3)C3(c5ccccc5-4)c4cc(C(C)(C)C)ccc4-c4ccc(C(C)(C)C)cc43)cccc21. The van der Waals surface area contributed by atoms with Crippen molar-refractivity contribution in [2.75, 3.05) is 4.90 Å². The summed E-state index contributed by atoms with van der Waals surface area (Å²) in [7, 11) is 0. The molecule has 1 spiro atoms. The van der Waals surface area contributed by atoms with Crippen LogP contribution in [0, 0.1) is 0 Å². The highest BCUT2D eigenvalue weighted by atomic mass is 15.1. The van der Waals surface area contributed by atoms with Crippen molar-refractivity contribution in [3.8, 4) is 55.6 Å². The van der Waals surface area contributed by atoms with Gasteiger partial charge in [0.15, 0.2) is 0 Å². The van der Waals surface area contributed by atoms with E-state index >= 15 is 0 Å². The highest BCUT2D eigenvalue weighted by Crippen LogP contribution is 2.65. The molecule has 0 fully saturated rings. The molecular formula is C81H69N. The van der Waals surface area contributed by atoms with E-state index in [1.165, 1.54) is 122 Å². The van der Waals surface area contributed by atoms with Crippen molar-refractivity contribution in [1.29, 1.82) is 0 Å². The lowest BCUT2D eigenvalue weighted by molar-refractivity contribution is 0.490. The number of para-hydroxylation sites is 1. The van der Waals surface area contributed by atoms with Crippen molar-refractivity contribution >= 4 is 17.1 Å². The first-order valence-corrected chi connectivity index (χ1v) is 29.9. The molecule has 1 heteroatoms. The molecule has 4 aliphatic rings. The molecule has 11 aromatic carbocycles. The zero-order chi connectivity index (χ0) is 55.9. The van der Waals surface area contributed by atoms with E-state index in [9.17, 15) is 0 Å². The van der Waals surface area contributed by atoms with Crippen molar-refractivity contribution < 1.29 is 0 Å². The summed E-state index contributed by atoms with van der Waals surface area (Å²) in [6.45, 7) is 18.9. The molecule has 4 aliphatic carbocycles. The molecule has 11 aromatic rings. The van der Waals surface area contributed by atoms with Gasteiger partial charge in [-0.05, 0) is 171 Å². The molecule has 0 amide bonds.